The number of nitrogens with two attached hydrogens (primary N) is 1. The summed E-state index contributed by atoms with van der Waals surface area (Å²) in [5.74, 6) is 0. The smallest absolute Gasteiger partial charge is 0.410 e. The Balaban J connectivity index is 1.45. The van der Waals surface area contributed by atoms with Crippen molar-refractivity contribution in [3.63, 3.8) is 0 Å². The van der Waals surface area contributed by atoms with Gasteiger partial charge < -0.3 is 35.1 Å². The summed E-state index contributed by atoms with van der Waals surface area (Å²) in [6.07, 6.45) is 1.18. The van der Waals surface area contributed by atoms with Crippen LogP contribution in [0.15, 0.2) is 91.0 Å². The Kier molecular flexibility index (Phi) is 15.7. The molecule has 10 heteroatoms. The Bertz CT molecular complexity index is 1230. The molecule has 0 radical (unpaired) electrons. The third kappa shape index (κ3) is 13.6. The van der Waals surface area contributed by atoms with Gasteiger partial charge in [-0.2, -0.15) is 0 Å². The molecule has 236 valence electrons. The molecule has 3 amide bonds. The van der Waals surface area contributed by atoms with Crippen molar-refractivity contribution < 1.29 is 28.6 Å². The lowest BCUT2D eigenvalue weighted by atomic mass is 10.2. The van der Waals surface area contributed by atoms with Crippen LogP contribution in [-0.2, 0) is 34.0 Å². The third-order valence-corrected chi connectivity index (χ3v) is 6.75. The van der Waals surface area contributed by atoms with Crippen molar-refractivity contribution in [2.45, 2.75) is 45.5 Å². The molecule has 3 aromatic carbocycles. The van der Waals surface area contributed by atoms with E-state index in [1.165, 1.54) is 0 Å². The van der Waals surface area contributed by atoms with E-state index in [4.69, 9.17) is 19.9 Å². The van der Waals surface area contributed by atoms with Crippen molar-refractivity contribution in [3.05, 3.63) is 108 Å². The van der Waals surface area contributed by atoms with Crippen LogP contribution in [0.3, 0.4) is 0 Å². The molecule has 0 fully saturated rings. The average Bonchev–Trinajstić information content (AvgIpc) is 3.07. The SMILES string of the molecule is NCCCN(CCCCN(CCCNC(=O)OCc1ccccc1)C(=O)OCc1ccccc1)C(=O)OCc1ccccc1. The Hall–Kier alpha value is -4.57. The van der Waals surface area contributed by atoms with Crippen molar-refractivity contribution >= 4 is 18.3 Å². The van der Waals surface area contributed by atoms with E-state index in [-0.39, 0.29) is 25.9 Å². The first-order valence-electron chi connectivity index (χ1n) is 15.1. The molecule has 0 unspecified atom stereocenters. The van der Waals surface area contributed by atoms with E-state index in [1.54, 1.807) is 9.80 Å². The first-order chi connectivity index (χ1) is 21.5. The number of nitrogens with one attached hydrogen (secondary N) is 1. The lowest BCUT2D eigenvalue weighted by Gasteiger charge is -2.24. The summed E-state index contributed by atoms with van der Waals surface area (Å²) in [6, 6.07) is 28.5. The van der Waals surface area contributed by atoms with Gasteiger partial charge in [-0.3, -0.25) is 0 Å². The standard InChI is InChI=1S/C34H44N4O6/c35-20-12-24-37(33(40)43-27-30-16-6-2-7-17-30)22-10-11-23-38(34(41)44-28-31-18-8-3-9-19-31)25-13-21-36-32(39)42-26-29-14-4-1-5-15-29/h1-9,14-19H,10-13,20-28,35H2,(H,36,39). The van der Waals surface area contributed by atoms with Crippen molar-refractivity contribution in [3.8, 4) is 0 Å². The molecule has 0 atom stereocenters. The van der Waals surface area contributed by atoms with Gasteiger partial charge in [-0.1, -0.05) is 91.0 Å². The summed E-state index contributed by atoms with van der Waals surface area (Å²) < 4.78 is 16.4. The van der Waals surface area contributed by atoms with Crippen LogP contribution in [0.5, 0.6) is 0 Å². The number of alkyl carbamates (subject to hydrolysis) is 1. The second-order valence-corrected chi connectivity index (χ2v) is 10.2. The number of carbonyl (C=O) groups excluding carboxylic acids is 3. The van der Waals surface area contributed by atoms with Crippen molar-refractivity contribution in [2.24, 2.45) is 5.73 Å². The summed E-state index contributed by atoms with van der Waals surface area (Å²) in [7, 11) is 0. The van der Waals surface area contributed by atoms with Crippen LogP contribution in [0, 0.1) is 0 Å². The Morgan fingerprint density at radius 1 is 0.545 bits per heavy atom. The molecule has 0 saturated heterocycles. The highest BCUT2D eigenvalue weighted by Gasteiger charge is 2.18. The van der Waals surface area contributed by atoms with Crippen LogP contribution in [0.1, 0.15) is 42.4 Å². The fourth-order valence-electron chi connectivity index (χ4n) is 4.33. The second kappa shape index (κ2) is 20.4. The summed E-state index contributed by atoms with van der Waals surface area (Å²) in [4.78, 5) is 41.2. The van der Waals surface area contributed by atoms with Gasteiger partial charge in [-0.05, 0) is 48.9 Å². The first-order valence-corrected chi connectivity index (χ1v) is 15.1. The second-order valence-electron chi connectivity index (χ2n) is 10.2. The number of unbranched alkanes of at least 4 members (excludes halogenated alkanes) is 1. The number of ether oxygens (including phenoxy) is 3. The highest BCUT2D eigenvalue weighted by molar-refractivity contribution is 5.68. The zero-order chi connectivity index (χ0) is 31.2. The molecule has 3 aromatic rings. The zero-order valence-electron chi connectivity index (χ0n) is 25.3. The van der Waals surface area contributed by atoms with E-state index in [1.807, 2.05) is 91.0 Å². The van der Waals surface area contributed by atoms with Crippen molar-refractivity contribution in [2.75, 3.05) is 39.3 Å². The van der Waals surface area contributed by atoms with Crippen LogP contribution in [-0.4, -0.2) is 67.3 Å². The van der Waals surface area contributed by atoms with Crippen molar-refractivity contribution in [1.82, 2.24) is 15.1 Å². The Morgan fingerprint density at radius 3 is 1.36 bits per heavy atom. The van der Waals surface area contributed by atoms with Gasteiger partial charge in [0.25, 0.3) is 0 Å². The van der Waals surface area contributed by atoms with Gasteiger partial charge in [0.1, 0.15) is 19.8 Å². The molecule has 10 nitrogen and oxygen atoms in total. The highest BCUT2D eigenvalue weighted by atomic mass is 16.6. The summed E-state index contributed by atoms with van der Waals surface area (Å²) in [5, 5.41) is 2.73. The van der Waals surface area contributed by atoms with Crippen molar-refractivity contribution in [1.29, 1.82) is 0 Å². The number of hydrogen-bond donors (Lipinski definition) is 2. The van der Waals surface area contributed by atoms with E-state index >= 15 is 0 Å². The molecule has 3 rings (SSSR count). The van der Waals surface area contributed by atoms with Gasteiger partial charge in [0.05, 0.1) is 0 Å². The van der Waals surface area contributed by atoms with Crippen LogP contribution >= 0.6 is 0 Å². The highest BCUT2D eigenvalue weighted by Crippen LogP contribution is 2.09. The fraction of sp³-hybridized carbons (Fsp3) is 0.382. The summed E-state index contributed by atoms with van der Waals surface area (Å²) in [6.45, 7) is 3.18. The van der Waals surface area contributed by atoms with Crippen LogP contribution < -0.4 is 11.1 Å². The summed E-state index contributed by atoms with van der Waals surface area (Å²) >= 11 is 0. The predicted molar refractivity (Wildman–Crippen MR) is 169 cm³/mol. The number of amides is 3. The van der Waals surface area contributed by atoms with E-state index in [0.29, 0.717) is 65.0 Å². The minimum Gasteiger partial charge on any atom is -0.445 e. The maximum Gasteiger partial charge on any atom is 0.410 e. The number of rotatable bonds is 18. The van der Waals surface area contributed by atoms with Gasteiger partial charge >= 0.3 is 18.3 Å². The minimum atomic E-state index is -0.510. The number of nitrogens with zero attached hydrogens (tertiary/aromatic N) is 2. The molecule has 0 aliphatic carbocycles. The normalized spacial score (nSPS) is 10.5. The lowest BCUT2D eigenvalue weighted by Crippen LogP contribution is -2.37. The van der Waals surface area contributed by atoms with Crippen LogP contribution in [0.25, 0.3) is 0 Å². The topological polar surface area (TPSA) is 123 Å². The molecular formula is C34H44N4O6. The largest absolute Gasteiger partial charge is 0.445 e. The average molecular weight is 605 g/mol. The van der Waals surface area contributed by atoms with E-state index in [0.717, 1.165) is 16.7 Å². The van der Waals surface area contributed by atoms with Crippen LogP contribution in [0.2, 0.25) is 0 Å². The molecule has 3 N–H and O–H groups in total. The van der Waals surface area contributed by atoms with E-state index in [9.17, 15) is 14.4 Å². The Morgan fingerprint density at radius 2 is 0.932 bits per heavy atom. The molecule has 0 saturated carbocycles. The monoisotopic (exact) mass is 604 g/mol. The lowest BCUT2D eigenvalue weighted by molar-refractivity contribution is 0.0895. The molecular weight excluding hydrogens is 560 g/mol. The molecule has 0 aliphatic rings. The molecule has 0 aliphatic heterocycles. The number of benzene rings is 3. The quantitative estimate of drug-likeness (QED) is 0.141. The Labute approximate surface area is 260 Å². The molecule has 0 aromatic heterocycles. The molecule has 0 spiro atoms. The van der Waals surface area contributed by atoms with Gasteiger partial charge in [-0.15, -0.1) is 0 Å². The maximum atomic E-state index is 13.0. The summed E-state index contributed by atoms with van der Waals surface area (Å²) in [5.41, 5.74) is 8.41. The molecule has 44 heavy (non-hydrogen) atoms. The number of hydrogen-bond acceptors (Lipinski definition) is 7. The van der Waals surface area contributed by atoms with Gasteiger partial charge in [0, 0.05) is 32.7 Å². The van der Waals surface area contributed by atoms with E-state index < -0.39 is 12.2 Å². The van der Waals surface area contributed by atoms with E-state index in [2.05, 4.69) is 5.32 Å². The maximum absolute atomic E-state index is 13.0. The molecule has 0 bridgehead atoms. The number of carbonyl (C=O) groups is 3. The van der Waals surface area contributed by atoms with Gasteiger partial charge in [0.2, 0.25) is 0 Å². The fourth-order valence-corrected chi connectivity index (χ4v) is 4.33. The van der Waals surface area contributed by atoms with Crippen LogP contribution in [0.4, 0.5) is 14.4 Å². The minimum absolute atomic E-state index is 0.167. The third-order valence-electron chi connectivity index (χ3n) is 6.75. The first kappa shape index (κ1) is 33.9. The zero-order valence-corrected chi connectivity index (χ0v) is 25.3. The van der Waals surface area contributed by atoms with Gasteiger partial charge in [0.15, 0.2) is 0 Å². The predicted octanol–water partition coefficient (Wildman–Crippen LogP) is 5.71. The van der Waals surface area contributed by atoms with Gasteiger partial charge in [-0.25, -0.2) is 14.4 Å². The molecule has 0 heterocycles.